The second kappa shape index (κ2) is 6.87. The number of hydrogen-bond donors (Lipinski definition) is 2. The minimum absolute atomic E-state index is 0.155. The second-order valence-electron chi connectivity index (χ2n) is 4.82. The molecular weight excluding hydrogens is 300 g/mol. The van der Waals surface area contributed by atoms with Gasteiger partial charge in [-0.3, -0.25) is 0 Å². The number of halogens is 1. The quantitative estimate of drug-likeness (QED) is 0.863. The van der Waals surface area contributed by atoms with Gasteiger partial charge in [0.2, 0.25) is 10.0 Å². The van der Waals surface area contributed by atoms with Gasteiger partial charge in [-0.2, -0.15) is 0 Å². The molecule has 1 unspecified atom stereocenters. The predicted molar refractivity (Wildman–Crippen MR) is 78.4 cm³/mol. The standard InChI is InChI=1S/C13H19ClN2O3S/c1-15-8-10-7-12(4-5-13(10)14)20(17,18)16-11-3-2-6-19-9-11/h4-5,7,11,15-16H,2-3,6,8-9H2,1H3. The Morgan fingerprint density at radius 2 is 2.25 bits per heavy atom. The lowest BCUT2D eigenvalue weighted by molar-refractivity contribution is 0.0774. The molecule has 0 saturated carbocycles. The van der Waals surface area contributed by atoms with E-state index in [9.17, 15) is 8.42 Å². The Morgan fingerprint density at radius 1 is 1.45 bits per heavy atom. The second-order valence-corrected chi connectivity index (χ2v) is 6.94. The highest BCUT2D eigenvalue weighted by Gasteiger charge is 2.22. The topological polar surface area (TPSA) is 67.4 Å². The molecule has 1 heterocycles. The van der Waals surface area contributed by atoms with Crippen LogP contribution < -0.4 is 10.0 Å². The van der Waals surface area contributed by atoms with E-state index in [2.05, 4.69) is 10.0 Å². The van der Waals surface area contributed by atoms with E-state index in [1.165, 1.54) is 6.07 Å². The lowest BCUT2D eigenvalue weighted by atomic mass is 10.1. The van der Waals surface area contributed by atoms with Crippen molar-refractivity contribution in [3.63, 3.8) is 0 Å². The van der Waals surface area contributed by atoms with Gasteiger partial charge in [0, 0.05) is 24.2 Å². The van der Waals surface area contributed by atoms with Gasteiger partial charge >= 0.3 is 0 Å². The molecule has 0 bridgehead atoms. The van der Waals surface area contributed by atoms with Crippen LogP contribution >= 0.6 is 11.6 Å². The highest BCUT2D eigenvalue weighted by Crippen LogP contribution is 2.21. The average Bonchev–Trinajstić information content (AvgIpc) is 2.42. The molecule has 1 aliphatic rings. The zero-order chi connectivity index (χ0) is 14.6. The van der Waals surface area contributed by atoms with Crippen LogP contribution in [0.15, 0.2) is 23.1 Å². The molecule has 1 saturated heterocycles. The number of ether oxygens (including phenoxy) is 1. The van der Waals surface area contributed by atoms with Gasteiger partial charge in [-0.05, 0) is 43.7 Å². The molecule has 1 aromatic carbocycles. The molecule has 1 aromatic rings. The van der Waals surface area contributed by atoms with E-state index >= 15 is 0 Å². The minimum atomic E-state index is -3.53. The van der Waals surface area contributed by atoms with Gasteiger partial charge in [0.15, 0.2) is 0 Å². The Hall–Kier alpha value is -0.660. The fourth-order valence-corrected chi connectivity index (χ4v) is 3.66. The van der Waals surface area contributed by atoms with Crippen molar-refractivity contribution in [3.05, 3.63) is 28.8 Å². The lowest BCUT2D eigenvalue weighted by Gasteiger charge is -2.23. The molecule has 5 nitrogen and oxygen atoms in total. The molecule has 0 amide bonds. The molecule has 1 aliphatic heterocycles. The van der Waals surface area contributed by atoms with Crippen molar-refractivity contribution in [1.82, 2.24) is 10.0 Å². The van der Waals surface area contributed by atoms with Gasteiger partial charge in [-0.25, -0.2) is 13.1 Å². The molecule has 2 N–H and O–H groups in total. The summed E-state index contributed by atoms with van der Waals surface area (Å²) in [5.41, 5.74) is 0.761. The first-order chi connectivity index (χ1) is 9.53. The van der Waals surface area contributed by atoms with Gasteiger partial charge in [-0.1, -0.05) is 11.6 Å². The van der Waals surface area contributed by atoms with Crippen molar-refractivity contribution in [3.8, 4) is 0 Å². The molecule has 0 spiro atoms. The number of rotatable bonds is 5. The summed E-state index contributed by atoms with van der Waals surface area (Å²) in [4.78, 5) is 0.234. The number of hydrogen-bond acceptors (Lipinski definition) is 4. The average molecular weight is 319 g/mol. The highest BCUT2D eigenvalue weighted by atomic mass is 35.5. The van der Waals surface area contributed by atoms with Crippen LogP contribution in [0.5, 0.6) is 0 Å². The Bertz CT molecular complexity index is 557. The van der Waals surface area contributed by atoms with Gasteiger partial charge in [-0.15, -0.1) is 0 Å². The Labute approximate surface area is 124 Å². The smallest absolute Gasteiger partial charge is 0.240 e. The van der Waals surface area contributed by atoms with Crippen LogP contribution in [0, 0.1) is 0 Å². The number of benzene rings is 1. The first-order valence-electron chi connectivity index (χ1n) is 6.56. The molecule has 2 rings (SSSR count). The van der Waals surface area contributed by atoms with E-state index in [-0.39, 0.29) is 10.9 Å². The minimum Gasteiger partial charge on any atom is -0.380 e. The van der Waals surface area contributed by atoms with Crippen LogP contribution in [-0.4, -0.2) is 34.7 Å². The van der Waals surface area contributed by atoms with Crippen molar-refractivity contribution >= 4 is 21.6 Å². The number of nitrogens with one attached hydrogen (secondary N) is 2. The normalized spacial score (nSPS) is 20.0. The van der Waals surface area contributed by atoms with Crippen molar-refractivity contribution in [2.75, 3.05) is 20.3 Å². The zero-order valence-corrected chi connectivity index (χ0v) is 12.9. The monoisotopic (exact) mass is 318 g/mol. The van der Waals surface area contributed by atoms with Gasteiger partial charge in [0.05, 0.1) is 11.5 Å². The lowest BCUT2D eigenvalue weighted by Crippen LogP contribution is -2.40. The van der Waals surface area contributed by atoms with Crippen LogP contribution in [-0.2, 0) is 21.3 Å². The van der Waals surface area contributed by atoms with Crippen LogP contribution in [0.2, 0.25) is 5.02 Å². The number of sulfonamides is 1. The SMILES string of the molecule is CNCc1cc(S(=O)(=O)NC2CCCOC2)ccc1Cl. The maximum absolute atomic E-state index is 12.3. The molecule has 0 aromatic heterocycles. The van der Waals surface area contributed by atoms with Crippen LogP contribution in [0.1, 0.15) is 18.4 Å². The van der Waals surface area contributed by atoms with E-state index in [0.717, 1.165) is 18.4 Å². The van der Waals surface area contributed by atoms with E-state index in [0.29, 0.717) is 24.8 Å². The van der Waals surface area contributed by atoms with Crippen molar-refractivity contribution < 1.29 is 13.2 Å². The van der Waals surface area contributed by atoms with E-state index < -0.39 is 10.0 Å². The third-order valence-electron chi connectivity index (χ3n) is 3.18. The molecule has 112 valence electrons. The van der Waals surface area contributed by atoms with Crippen molar-refractivity contribution in [1.29, 1.82) is 0 Å². The fourth-order valence-electron chi connectivity index (χ4n) is 2.17. The zero-order valence-electron chi connectivity index (χ0n) is 11.4. The third-order valence-corrected chi connectivity index (χ3v) is 5.06. The summed E-state index contributed by atoms with van der Waals surface area (Å²) in [6.45, 7) is 1.65. The van der Waals surface area contributed by atoms with Crippen LogP contribution in [0.3, 0.4) is 0 Å². The summed E-state index contributed by atoms with van der Waals surface area (Å²) in [5.74, 6) is 0. The summed E-state index contributed by atoms with van der Waals surface area (Å²) in [6, 6.07) is 4.58. The summed E-state index contributed by atoms with van der Waals surface area (Å²) in [7, 11) is -1.75. The highest BCUT2D eigenvalue weighted by molar-refractivity contribution is 7.89. The molecule has 20 heavy (non-hydrogen) atoms. The van der Waals surface area contributed by atoms with E-state index in [1.54, 1.807) is 19.2 Å². The maximum Gasteiger partial charge on any atom is 0.240 e. The van der Waals surface area contributed by atoms with Crippen molar-refractivity contribution in [2.24, 2.45) is 0 Å². The Kier molecular flexibility index (Phi) is 5.40. The summed E-state index contributed by atoms with van der Waals surface area (Å²) in [5, 5.41) is 3.52. The van der Waals surface area contributed by atoms with Crippen LogP contribution in [0.4, 0.5) is 0 Å². The first-order valence-corrected chi connectivity index (χ1v) is 8.42. The Balaban J connectivity index is 2.17. The predicted octanol–water partition coefficient (Wildman–Crippen LogP) is 1.52. The summed E-state index contributed by atoms with van der Waals surface area (Å²) >= 11 is 6.04. The van der Waals surface area contributed by atoms with Gasteiger partial charge < -0.3 is 10.1 Å². The fraction of sp³-hybridized carbons (Fsp3) is 0.538. The van der Waals surface area contributed by atoms with Crippen LogP contribution in [0.25, 0.3) is 0 Å². The molecule has 7 heteroatoms. The third kappa shape index (κ3) is 3.93. The molecule has 1 atom stereocenters. The summed E-state index contributed by atoms with van der Waals surface area (Å²) in [6.07, 6.45) is 1.68. The largest absolute Gasteiger partial charge is 0.380 e. The Morgan fingerprint density at radius 3 is 2.90 bits per heavy atom. The molecular formula is C13H19ClN2O3S. The molecule has 1 fully saturated rings. The van der Waals surface area contributed by atoms with E-state index in [4.69, 9.17) is 16.3 Å². The first kappa shape index (κ1) is 15.7. The van der Waals surface area contributed by atoms with Gasteiger partial charge in [0.1, 0.15) is 0 Å². The van der Waals surface area contributed by atoms with Crippen molar-refractivity contribution in [2.45, 2.75) is 30.3 Å². The summed E-state index contributed by atoms with van der Waals surface area (Å²) < 4.78 is 32.6. The molecule has 0 aliphatic carbocycles. The molecule has 0 radical (unpaired) electrons. The maximum atomic E-state index is 12.3. The van der Waals surface area contributed by atoms with E-state index in [1.807, 2.05) is 0 Å². The van der Waals surface area contributed by atoms with Gasteiger partial charge in [0.25, 0.3) is 0 Å².